The van der Waals surface area contributed by atoms with Crippen LogP contribution in [0.25, 0.3) is 11.1 Å². The number of hydrogen-bond acceptors (Lipinski definition) is 5. The fourth-order valence-electron chi connectivity index (χ4n) is 2.99. The van der Waals surface area contributed by atoms with E-state index in [9.17, 15) is 0 Å². The highest BCUT2D eigenvalue weighted by Crippen LogP contribution is 2.44. The summed E-state index contributed by atoms with van der Waals surface area (Å²) < 4.78 is 17.4. The standard InChI is InChI=1S/C17H18N2O3/c1-20-16-11-13(4-7-19-16)12-2-3-14-15(10-12)22-17(21-14)5-8-18-9-6-17/h2-4,7,10-11,18H,5-6,8-9H2,1H3. The second kappa shape index (κ2) is 5.18. The second-order valence-corrected chi connectivity index (χ2v) is 5.61. The number of rotatable bonds is 2. The van der Waals surface area contributed by atoms with Crippen LogP contribution in [0.15, 0.2) is 36.5 Å². The Labute approximate surface area is 129 Å². The molecule has 1 N–H and O–H groups in total. The molecule has 0 aliphatic carbocycles. The minimum absolute atomic E-state index is 0.484. The summed E-state index contributed by atoms with van der Waals surface area (Å²) in [5.74, 6) is 1.76. The molecule has 0 unspecified atom stereocenters. The summed E-state index contributed by atoms with van der Waals surface area (Å²) in [5, 5.41) is 3.33. The molecule has 0 saturated carbocycles. The number of pyridine rings is 1. The van der Waals surface area contributed by atoms with Crippen LogP contribution in [0.3, 0.4) is 0 Å². The average Bonchev–Trinajstić information content (AvgIpc) is 2.91. The van der Waals surface area contributed by atoms with Crippen LogP contribution in [-0.2, 0) is 0 Å². The zero-order chi connectivity index (χ0) is 15.0. The van der Waals surface area contributed by atoms with Gasteiger partial charge >= 0.3 is 0 Å². The van der Waals surface area contributed by atoms with Crippen LogP contribution in [0.4, 0.5) is 0 Å². The molecule has 5 heteroatoms. The van der Waals surface area contributed by atoms with Gasteiger partial charge in [-0.2, -0.15) is 0 Å². The van der Waals surface area contributed by atoms with E-state index in [2.05, 4.69) is 10.3 Å². The van der Waals surface area contributed by atoms with E-state index in [-0.39, 0.29) is 0 Å². The Morgan fingerprint density at radius 2 is 1.82 bits per heavy atom. The van der Waals surface area contributed by atoms with Gasteiger partial charge in [0.2, 0.25) is 5.88 Å². The third-order valence-corrected chi connectivity index (χ3v) is 4.18. The van der Waals surface area contributed by atoms with E-state index >= 15 is 0 Å². The SMILES string of the molecule is COc1cc(-c2ccc3c(c2)OC2(CCNCC2)O3)ccn1. The summed E-state index contributed by atoms with van der Waals surface area (Å²) in [7, 11) is 1.62. The van der Waals surface area contributed by atoms with Gasteiger partial charge in [0, 0.05) is 38.2 Å². The van der Waals surface area contributed by atoms with E-state index in [1.807, 2.05) is 30.3 Å². The van der Waals surface area contributed by atoms with Crippen LogP contribution in [0.1, 0.15) is 12.8 Å². The lowest BCUT2D eigenvalue weighted by Crippen LogP contribution is -2.48. The number of nitrogens with one attached hydrogen (secondary N) is 1. The lowest BCUT2D eigenvalue weighted by atomic mass is 10.1. The molecule has 2 aliphatic rings. The molecule has 2 aromatic rings. The highest BCUT2D eigenvalue weighted by Gasteiger charge is 2.42. The maximum atomic E-state index is 6.15. The molecule has 3 heterocycles. The Kier molecular flexibility index (Phi) is 3.15. The number of hydrogen-bond donors (Lipinski definition) is 1. The van der Waals surface area contributed by atoms with E-state index in [1.54, 1.807) is 13.3 Å². The van der Waals surface area contributed by atoms with Crippen molar-refractivity contribution in [1.29, 1.82) is 0 Å². The molecule has 22 heavy (non-hydrogen) atoms. The molecule has 1 fully saturated rings. The smallest absolute Gasteiger partial charge is 0.254 e. The van der Waals surface area contributed by atoms with Crippen molar-refractivity contribution in [2.45, 2.75) is 18.6 Å². The molecule has 1 spiro atoms. The summed E-state index contributed by atoms with van der Waals surface area (Å²) >= 11 is 0. The van der Waals surface area contributed by atoms with Crippen LogP contribution < -0.4 is 19.5 Å². The maximum absolute atomic E-state index is 6.15. The molecule has 2 aliphatic heterocycles. The minimum Gasteiger partial charge on any atom is -0.481 e. The highest BCUT2D eigenvalue weighted by atomic mass is 16.7. The van der Waals surface area contributed by atoms with Gasteiger partial charge < -0.3 is 19.5 Å². The molecule has 4 rings (SSSR count). The van der Waals surface area contributed by atoms with Crippen LogP contribution in [-0.4, -0.2) is 31.0 Å². The molecule has 1 saturated heterocycles. The summed E-state index contributed by atoms with van der Waals surface area (Å²) in [6.07, 6.45) is 3.47. The molecule has 0 bridgehead atoms. The largest absolute Gasteiger partial charge is 0.481 e. The van der Waals surface area contributed by atoms with Gasteiger partial charge in [-0.1, -0.05) is 6.07 Å². The number of ether oxygens (including phenoxy) is 3. The predicted molar refractivity (Wildman–Crippen MR) is 82.3 cm³/mol. The number of benzene rings is 1. The van der Waals surface area contributed by atoms with Gasteiger partial charge in [0.1, 0.15) is 0 Å². The van der Waals surface area contributed by atoms with E-state index < -0.39 is 5.79 Å². The first-order valence-corrected chi connectivity index (χ1v) is 7.51. The quantitative estimate of drug-likeness (QED) is 0.923. The molecule has 0 radical (unpaired) electrons. The van der Waals surface area contributed by atoms with E-state index in [1.165, 1.54) is 0 Å². The lowest BCUT2D eigenvalue weighted by molar-refractivity contribution is -0.0998. The van der Waals surface area contributed by atoms with Crippen molar-refractivity contribution < 1.29 is 14.2 Å². The van der Waals surface area contributed by atoms with Gasteiger partial charge in [-0.25, -0.2) is 4.98 Å². The Morgan fingerprint density at radius 3 is 2.64 bits per heavy atom. The Balaban J connectivity index is 1.65. The third-order valence-electron chi connectivity index (χ3n) is 4.18. The summed E-state index contributed by atoms with van der Waals surface area (Å²) in [6, 6.07) is 9.92. The summed E-state index contributed by atoms with van der Waals surface area (Å²) in [6.45, 7) is 1.84. The van der Waals surface area contributed by atoms with Gasteiger partial charge in [-0.05, 0) is 29.3 Å². The number of aromatic nitrogens is 1. The molecular formula is C17H18N2O3. The fourth-order valence-corrected chi connectivity index (χ4v) is 2.99. The topological polar surface area (TPSA) is 52.6 Å². The first kappa shape index (κ1) is 13.4. The van der Waals surface area contributed by atoms with Crippen molar-refractivity contribution >= 4 is 0 Å². The summed E-state index contributed by atoms with van der Waals surface area (Å²) in [5.41, 5.74) is 2.11. The number of piperidine rings is 1. The molecule has 5 nitrogen and oxygen atoms in total. The molecule has 0 atom stereocenters. The zero-order valence-electron chi connectivity index (χ0n) is 12.5. The fraction of sp³-hybridized carbons (Fsp3) is 0.353. The molecule has 0 amide bonds. The minimum atomic E-state index is -0.484. The zero-order valence-corrected chi connectivity index (χ0v) is 12.5. The van der Waals surface area contributed by atoms with Crippen LogP contribution in [0.2, 0.25) is 0 Å². The van der Waals surface area contributed by atoms with E-state index in [4.69, 9.17) is 14.2 Å². The number of methoxy groups -OCH3 is 1. The monoisotopic (exact) mass is 298 g/mol. The normalized spacial score (nSPS) is 18.4. The van der Waals surface area contributed by atoms with Gasteiger partial charge in [0.25, 0.3) is 5.79 Å². The van der Waals surface area contributed by atoms with Crippen LogP contribution in [0.5, 0.6) is 17.4 Å². The first-order chi connectivity index (χ1) is 10.8. The Bertz CT molecular complexity index is 696. The van der Waals surface area contributed by atoms with E-state index in [0.717, 1.165) is 48.6 Å². The van der Waals surface area contributed by atoms with Crippen molar-refractivity contribution in [1.82, 2.24) is 10.3 Å². The van der Waals surface area contributed by atoms with Gasteiger partial charge in [-0.15, -0.1) is 0 Å². The molecule has 1 aromatic carbocycles. The van der Waals surface area contributed by atoms with Crippen LogP contribution >= 0.6 is 0 Å². The van der Waals surface area contributed by atoms with E-state index in [0.29, 0.717) is 5.88 Å². The number of fused-ring (bicyclic) bond motifs is 1. The van der Waals surface area contributed by atoms with Gasteiger partial charge in [0.15, 0.2) is 11.5 Å². The molecule has 114 valence electrons. The number of nitrogens with zero attached hydrogens (tertiary/aromatic N) is 1. The predicted octanol–water partition coefficient (Wildman–Crippen LogP) is 2.61. The molecular weight excluding hydrogens is 280 g/mol. The van der Waals surface area contributed by atoms with Gasteiger partial charge in [-0.3, -0.25) is 0 Å². The second-order valence-electron chi connectivity index (χ2n) is 5.61. The maximum Gasteiger partial charge on any atom is 0.254 e. The summed E-state index contributed by atoms with van der Waals surface area (Å²) in [4.78, 5) is 4.14. The Hall–Kier alpha value is -2.27. The lowest BCUT2D eigenvalue weighted by Gasteiger charge is -2.31. The highest BCUT2D eigenvalue weighted by molar-refractivity contribution is 5.68. The van der Waals surface area contributed by atoms with Crippen molar-refractivity contribution in [3.05, 3.63) is 36.5 Å². The average molecular weight is 298 g/mol. The third kappa shape index (κ3) is 2.27. The van der Waals surface area contributed by atoms with Crippen molar-refractivity contribution in [2.75, 3.05) is 20.2 Å². The molecule has 1 aromatic heterocycles. The first-order valence-electron chi connectivity index (χ1n) is 7.51. The van der Waals surface area contributed by atoms with Crippen LogP contribution in [0, 0.1) is 0 Å². The Morgan fingerprint density at radius 1 is 1.05 bits per heavy atom. The van der Waals surface area contributed by atoms with Gasteiger partial charge in [0.05, 0.1) is 7.11 Å². The van der Waals surface area contributed by atoms with Crippen molar-refractivity contribution in [3.63, 3.8) is 0 Å². The van der Waals surface area contributed by atoms with Crippen molar-refractivity contribution in [3.8, 4) is 28.5 Å². The van der Waals surface area contributed by atoms with Crippen molar-refractivity contribution in [2.24, 2.45) is 0 Å².